The van der Waals surface area contributed by atoms with Crippen LogP contribution in [0.25, 0.3) is 0 Å². The van der Waals surface area contributed by atoms with E-state index < -0.39 is 17.9 Å². The Labute approximate surface area is 148 Å². The SMILES string of the molecule is COc1c2c(c(O)c3c1C(=O)c1ccccc1C3=O)[C@@H]1OO[C@](C)(C2)O1. The van der Waals surface area contributed by atoms with Crippen LogP contribution >= 0.6 is 0 Å². The maximum atomic E-state index is 13.1. The number of methoxy groups -OCH3 is 1. The number of carbonyl (C=O) groups is 2. The second-order valence-corrected chi connectivity index (χ2v) is 6.67. The Bertz CT molecular complexity index is 1010. The van der Waals surface area contributed by atoms with Gasteiger partial charge in [-0.15, -0.1) is 0 Å². The van der Waals surface area contributed by atoms with Crippen molar-refractivity contribution in [3.63, 3.8) is 0 Å². The fourth-order valence-electron chi connectivity index (χ4n) is 3.93. The van der Waals surface area contributed by atoms with E-state index in [9.17, 15) is 14.7 Å². The molecule has 0 amide bonds. The number of carbonyl (C=O) groups excluding carboxylic acids is 2. The summed E-state index contributed by atoms with van der Waals surface area (Å²) >= 11 is 0. The predicted octanol–water partition coefficient (Wildman–Crippen LogP) is 2.43. The van der Waals surface area contributed by atoms with Crippen molar-refractivity contribution in [2.45, 2.75) is 25.4 Å². The molecule has 7 nitrogen and oxygen atoms in total. The molecule has 2 aromatic carbocycles. The number of phenolic OH excluding ortho intramolecular Hbond substituents is 1. The first kappa shape index (κ1) is 15.5. The van der Waals surface area contributed by atoms with Gasteiger partial charge in [-0.25, -0.2) is 0 Å². The molecule has 0 aromatic heterocycles. The summed E-state index contributed by atoms with van der Waals surface area (Å²) in [7, 11) is 1.42. The minimum atomic E-state index is -1.05. The minimum Gasteiger partial charge on any atom is -0.507 e. The van der Waals surface area contributed by atoms with E-state index in [0.717, 1.165) is 0 Å². The van der Waals surface area contributed by atoms with Crippen LogP contribution in [0.1, 0.15) is 56.2 Å². The number of phenols is 1. The summed E-state index contributed by atoms with van der Waals surface area (Å²) in [6, 6.07) is 6.52. The van der Waals surface area contributed by atoms with E-state index >= 15 is 0 Å². The number of ether oxygens (including phenoxy) is 2. The Balaban J connectivity index is 1.86. The Morgan fingerprint density at radius 2 is 1.81 bits per heavy atom. The number of benzene rings is 2. The second-order valence-electron chi connectivity index (χ2n) is 6.67. The van der Waals surface area contributed by atoms with Crippen molar-refractivity contribution in [1.82, 2.24) is 0 Å². The average molecular weight is 354 g/mol. The lowest BCUT2D eigenvalue weighted by molar-refractivity contribution is -0.323. The van der Waals surface area contributed by atoms with Crippen molar-refractivity contribution in [3.05, 3.63) is 57.6 Å². The monoisotopic (exact) mass is 354 g/mol. The van der Waals surface area contributed by atoms with Crippen LogP contribution in [0.2, 0.25) is 0 Å². The molecule has 2 aliphatic heterocycles. The Hall–Kier alpha value is -2.74. The molecule has 7 heteroatoms. The van der Waals surface area contributed by atoms with Crippen LogP contribution in [0.4, 0.5) is 0 Å². The van der Waals surface area contributed by atoms with Gasteiger partial charge in [0, 0.05) is 23.1 Å². The number of hydrogen-bond acceptors (Lipinski definition) is 7. The molecule has 1 saturated heterocycles. The van der Waals surface area contributed by atoms with E-state index in [0.29, 0.717) is 5.56 Å². The maximum absolute atomic E-state index is 13.1. The lowest BCUT2D eigenvalue weighted by Gasteiger charge is -2.31. The summed E-state index contributed by atoms with van der Waals surface area (Å²) in [6.07, 6.45) is -0.797. The molecule has 0 spiro atoms. The van der Waals surface area contributed by atoms with Crippen LogP contribution in [0.15, 0.2) is 24.3 Å². The lowest BCUT2D eigenvalue weighted by Crippen LogP contribution is -2.33. The second kappa shape index (κ2) is 4.91. The molecule has 0 unspecified atom stereocenters. The summed E-state index contributed by atoms with van der Waals surface area (Å²) in [5.74, 6) is -1.95. The van der Waals surface area contributed by atoms with Crippen molar-refractivity contribution in [3.8, 4) is 11.5 Å². The Kier molecular flexibility index (Phi) is 2.93. The van der Waals surface area contributed by atoms with Crippen LogP contribution in [-0.2, 0) is 20.9 Å². The third-order valence-electron chi connectivity index (χ3n) is 5.04. The van der Waals surface area contributed by atoms with Crippen LogP contribution in [0, 0.1) is 0 Å². The zero-order valence-corrected chi connectivity index (χ0v) is 14.0. The van der Waals surface area contributed by atoms with E-state index in [-0.39, 0.29) is 51.5 Å². The van der Waals surface area contributed by atoms with Crippen LogP contribution < -0.4 is 4.74 Å². The average Bonchev–Trinajstić information content (AvgIpc) is 2.94. The smallest absolute Gasteiger partial charge is 0.224 e. The number of hydrogen-bond donors (Lipinski definition) is 1. The molecule has 5 rings (SSSR count). The summed E-state index contributed by atoms with van der Waals surface area (Å²) < 4.78 is 11.2. The molecular weight excluding hydrogens is 340 g/mol. The van der Waals surface area contributed by atoms with Crippen molar-refractivity contribution in [2.24, 2.45) is 0 Å². The first-order valence-electron chi connectivity index (χ1n) is 8.11. The van der Waals surface area contributed by atoms with Gasteiger partial charge in [-0.3, -0.25) is 9.59 Å². The van der Waals surface area contributed by atoms with Gasteiger partial charge in [0.25, 0.3) is 0 Å². The zero-order valence-electron chi connectivity index (χ0n) is 14.0. The topological polar surface area (TPSA) is 91.3 Å². The summed E-state index contributed by atoms with van der Waals surface area (Å²) in [4.78, 5) is 36.5. The molecule has 3 aliphatic rings. The third-order valence-corrected chi connectivity index (χ3v) is 5.04. The van der Waals surface area contributed by atoms with Crippen molar-refractivity contribution >= 4 is 11.6 Å². The summed E-state index contributed by atoms with van der Waals surface area (Å²) in [6.45, 7) is 1.69. The van der Waals surface area contributed by atoms with E-state index in [2.05, 4.69) is 0 Å². The van der Waals surface area contributed by atoms with E-state index in [1.807, 2.05) is 0 Å². The first-order chi connectivity index (χ1) is 12.4. The molecule has 2 heterocycles. The van der Waals surface area contributed by atoms with E-state index in [1.165, 1.54) is 7.11 Å². The fraction of sp³-hybridized carbons (Fsp3) is 0.263. The van der Waals surface area contributed by atoms with E-state index in [1.54, 1.807) is 31.2 Å². The summed E-state index contributed by atoms with van der Waals surface area (Å²) in [5.41, 5.74) is 1.31. The molecule has 1 aliphatic carbocycles. The molecule has 2 bridgehead atoms. The van der Waals surface area contributed by atoms with Crippen molar-refractivity contribution < 1.29 is 33.9 Å². The lowest BCUT2D eigenvalue weighted by atomic mass is 9.79. The van der Waals surface area contributed by atoms with Crippen LogP contribution in [0.5, 0.6) is 11.5 Å². The molecule has 132 valence electrons. The summed E-state index contributed by atoms with van der Waals surface area (Å²) in [5, 5.41) is 10.9. The predicted molar refractivity (Wildman–Crippen MR) is 86.1 cm³/mol. The zero-order chi connectivity index (χ0) is 18.2. The van der Waals surface area contributed by atoms with Gasteiger partial charge < -0.3 is 14.6 Å². The molecule has 2 atom stereocenters. The number of ketones is 2. The largest absolute Gasteiger partial charge is 0.507 e. The first-order valence-corrected chi connectivity index (χ1v) is 8.11. The van der Waals surface area contributed by atoms with Crippen LogP contribution in [0.3, 0.4) is 0 Å². The van der Waals surface area contributed by atoms with Crippen molar-refractivity contribution in [2.75, 3.05) is 7.11 Å². The molecule has 0 radical (unpaired) electrons. The van der Waals surface area contributed by atoms with Gasteiger partial charge >= 0.3 is 0 Å². The van der Waals surface area contributed by atoms with Crippen LogP contribution in [-0.4, -0.2) is 29.6 Å². The highest BCUT2D eigenvalue weighted by Gasteiger charge is 2.51. The van der Waals surface area contributed by atoms with E-state index in [4.69, 9.17) is 19.2 Å². The Morgan fingerprint density at radius 3 is 2.46 bits per heavy atom. The number of rotatable bonds is 1. The normalized spacial score (nSPS) is 25.5. The van der Waals surface area contributed by atoms with Gasteiger partial charge in [-0.2, -0.15) is 9.78 Å². The van der Waals surface area contributed by atoms with Gasteiger partial charge in [0.2, 0.25) is 12.1 Å². The quantitative estimate of drug-likeness (QED) is 0.671. The third kappa shape index (κ3) is 1.77. The number of fused-ring (bicyclic) bond motifs is 6. The molecular formula is C19H14O7. The van der Waals surface area contributed by atoms with Gasteiger partial charge in [-0.05, 0) is 6.92 Å². The Morgan fingerprint density at radius 1 is 1.15 bits per heavy atom. The highest BCUT2D eigenvalue weighted by atomic mass is 17.3. The number of aromatic hydroxyl groups is 1. The van der Waals surface area contributed by atoms with Gasteiger partial charge in [0.05, 0.1) is 23.8 Å². The van der Waals surface area contributed by atoms with Gasteiger partial charge in [0.1, 0.15) is 11.5 Å². The molecule has 26 heavy (non-hydrogen) atoms. The highest BCUT2D eigenvalue weighted by molar-refractivity contribution is 6.30. The van der Waals surface area contributed by atoms with Gasteiger partial charge in [0.15, 0.2) is 11.6 Å². The van der Waals surface area contributed by atoms with Gasteiger partial charge in [-0.1, -0.05) is 24.3 Å². The highest BCUT2D eigenvalue weighted by Crippen LogP contribution is 2.53. The molecule has 0 saturated carbocycles. The molecule has 1 fully saturated rings. The standard InChI is InChI=1S/C19H14O7/c1-19-7-10-11(18(24-19)25-26-19)16(22)12-13(17(10)23-2)15(21)9-6-4-3-5-8(9)14(12)20/h3-6,18,22H,7H2,1-2H3/t18-,19+/m0/s1. The molecule has 1 N–H and O–H groups in total. The minimum absolute atomic E-state index is 0.0670. The van der Waals surface area contributed by atoms with Crippen molar-refractivity contribution in [1.29, 1.82) is 0 Å². The maximum Gasteiger partial charge on any atom is 0.224 e. The fourth-order valence-corrected chi connectivity index (χ4v) is 3.93. The molecule has 2 aromatic rings.